The van der Waals surface area contributed by atoms with Crippen LogP contribution in [0.25, 0.3) is 11.1 Å². The van der Waals surface area contributed by atoms with E-state index in [1.807, 2.05) is 13.0 Å². The van der Waals surface area contributed by atoms with Gasteiger partial charge in [0.25, 0.3) is 0 Å². The normalized spacial score (nSPS) is 10.5. The van der Waals surface area contributed by atoms with Crippen LogP contribution in [-0.2, 0) is 4.74 Å². The minimum Gasteiger partial charge on any atom is -0.493 e. The molecule has 0 aliphatic heterocycles. The molecule has 2 aromatic carbocycles. The number of aromatic carboxylic acids is 1. The van der Waals surface area contributed by atoms with Crippen molar-refractivity contribution in [2.24, 2.45) is 0 Å². The fraction of sp³-hybridized carbons (Fsp3) is 0.417. The molecule has 2 rings (SSSR count). The number of hydrogen-bond donors (Lipinski definition) is 1. The number of hydrogen-bond acceptors (Lipinski definition) is 5. The Morgan fingerprint density at radius 1 is 0.867 bits per heavy atom. The summed E-state index contributed by atoms with van der Waals surface area (Å²) in [5, 5.41) is 9.09. The molecule has 0 amide bonds. The number of rotatable bonds is 12. The van der Waals surface area contributed by atoms with Gasteiger partial charge in [0.05, 0.1) is 18.8 Å². The lowest BCUT2D eigenvalue weighted by molar-refractivity contribution is 0.0696. The van der Waals surface area contributed by atoms with Crippen molar-refractivity contribution in [3.05, 3.63) is 48.0 Å². The molecule has 0 aliphatic rings. The van der Waals surface area contributed by atoms with Gasteiger partial charge in [0.2, 0.25) is 0 Å². The van der Waals surface area contributed by atoms with E-state index in [1.165, 1.54) is 18.6 Å². The highest BCUT2D eigenvalue weighted by molar-refractivity contribution is 5.88. The SMILES string of the molecule is CCCCCCOc1ccc(-c2ccc(C(=O)O)cc2)c(OC(=O)OCCCC)c1. The standard InChI is InChI=1S/C24H30O6/c1-3-5-7-8-16-28-20-13-14-21(18-9-11-19(12-10-18)23(25)26)22(17-20)30-24(27)29-15-6-4-2/h9-14,17H,3-8,15-16H2,1-2H3,(H,25,26). The Balaban J connectivity index is 2.19. The molecule has 0 radical (unpaired) electrons. The molecule has 0 saturated carbocycles. The summed E-state index contributed by atoms with van der Waals surface area (Å²) in [4.78, 5) is 23.2. The van der Waals surface area contributed by atoms with E-state index < -0.39 is 12.1 Å². The number of unbranched alkanes of at least 4 members (excludes halogenated alkanes) is 4. The van der Waals surface area contributed by atoms with Gasteiger partial charge in [-0.3, -0.25) is 0 Å². The molecule has 0 aliphatic carbocycles. The van der Waals surface area contributed by atoms with E-state index in [0.717, 1.165) is 37.7 Å². The van der Waals surface area contributed by atoms with Crippen LogP contribution in [0.5, 0.6) is 11.5 Å². The fourth-order valence-electron chi connectivity index (χ4n) is 2.85. The lowest BCUT2D eigenvalue weighted by Crippen LogP contribution is -2.12. The zero-order valence-corrected chi connectivity index (χ0v) is 17.7. The van der Waals surface area contributed by atoms with E-state index in [0.29, 0.717) is 30.3 Å². The zero-order chi connectivity index (χ0) is 21.8. The maximum Gasteiger partial charge on any atom is 0.513 e. The molecule has 6 nitrogen and oxygen atoms in total. The number of carboxylic acids is 1. The van der Waals surface area contributed by atoms with Gasteiger partial charge in [0.1, 0.15) is 11.5 Å². The third kappa shape index (κ3) is 7.43. The molecule has 0 bridgehead atoms. The number of ether oxygens (including phenoxy) is 3. The largest absolute Gasteiger partial charge is 0.513 e. The first-order valence-electron chi connectivity index (χ1n) is 10.5. The Hall–Kier alpha value is -3.02. The third-order valence-electron chi connectivity index (χ3n) is 4.57. The summed E-state index contributed by atoms with van der Waals surface area (Å²) in [7, 11) is 0. The molecule has 30 heavy (non-hydrogen) atoms. The van der Waals surface area contributed by atoms with E-state index in [9.17, 15) is 9.59 Å². The van der Waals surface area contributed by atoms with Gasteiger partial charge in [-0.15, -0.1) is 0 Å². The second-order valence-electron chi connectivity index (χ2n) is 7.00. The van der Waals surface area contributed by atoms with Gasteiger partial charge in [-0.1, -0.05) is 51.7 Å². The average Bonchev–Trinajstić information content (AvgIpc) is 2.74. The fourth-order valence-corrected chi connectivity index (χ4v) is 2.85. The Kier molecular flexibility index (Phi) is 9.71. The van der Waals surface area contributed by atoms with Crippen molar-refractivity contribution in [3.63, 3.8) is 0 Å². The quantitative estimate of drug-likeness (QED) is 0.248. The highest BCUT2D eigenvalue weighted by Crippen LogP contribution is 2.34. The number of carbonyl (C=O) groups is 2. The highest BCUT2D eigenvalue weighted by atomic mass is 16.7. The van der Waals surface area contributed by atoms with Gasteiger partial charge in [0, 0.05) is 11.6 Å². The lowest BCUT2D eigenvalue weighted by atomic mass is 10.0. The van der Waals surface area contributed by atoms with Crippen molar-refractivity contribution in [1.29, 1.82) is 0 Å². The molecular formula is C24H30O6. The van der Waals surface area contributed by atoms with Crippen LogP contribution in [0.1, 0.15) is 62.7 Å². The van der Waals surface area contributed by atoms with Crippen LogP contribution in [0.15, 0.2) is 42.5 Å². The molecule has 0 atom stereocenters. The molecule has 0 saturated heterocycles. The molecule has 1 N–H and O–H groups in total. The predicted octanol–water partition coefficient (Wildman–Crippen LogP) is 6.33. The topological polar surface area (TPSA) is 82.1 Å². The molecular weight excluding hydrogens is 384 g/mol. The van der Waals surface area contributed by atoms with Crippen molar-refractivity contribution in [2.45, 2.75) is 52.4 Å². The van der Waals surface area contributed by atoms with Gasteiger partial charge in [-0.2, -0.15) is 0 Å². The monoisotopic (exact) mass is 414 g/mol. The first-order chi connectivity index (χ1) is 14.5. The summed E-state index contributed by atoms with van der Waals surface area (Å²) >= 11 is 0. The molecule has 6 heteroatoms. The molecule has 2 aromatic rings. The second-order valence-corrected chi connectivity index (χ2v) is 7.00. The van der Waals surface area contributed by atoms with Crippen LogP contribution in [0.4, 0.5) is 4.79 Å². The summed E-state index contributed by atoms with van der Waals surface area (Å²) in [6.45, 7) is 5.05. The minimum absolute atomic E-state index is 0.187. The molecule has 0 fully saturated rings. The van der Waals surface area contributed by atoms with Gasteiger partial charge in [-0.25, -0.2) is 9.59 Å². The molecule has 0 heterocycles. The second kappa shape index (κ2) is 12.5. The Labute approximate surface area is 177 Å². The van der Waals surface area contributed by atoms with E-state index in [2.05, 4.69) is 6.92 Å². The van der Waals surface area contributed by atoms with Crippen LogP contribution >= 0.6 is 0 Å². The minimum atomic E-state index is -0.996. The number of carboxylic acid groups (broad SMARTS) is 1. The smallest absolute Gasteiger partial charge is 0.493 e. The molecule has 0 aromatic heterocycles. The van der Waals surface area contributed by atoms with Gasteiger partial charge < -0.3 is 19.3 Å². The van der Waals surface area contributed by atoms with Crippen LogP contribution in [0.2, 0.25) is 0 Å². The van der Waals surface area contributed by atoms with E-state index >= 15 is 0 Å². The summed E-state index contributed by atoms with van der Waals surface area (Å²) in [5.74, 6) is -0.0799. The maximum atomic E-state index is 12.1. The van der Waals surface area contributed by atoms with Crippen molar-refractivity contribution in [3.8, 4) is 22.6 Å². The first-order valence-corrected chi connectivity index (χ1v) is 10.5. The maximum absolute atomic E-state index is 12.1. The van der Waals surface area contributed by atoms with Crippen LogP contribution in [0, 0.1) is 0 Å². The van der Waals surface area contributed by atoms with Crippen LogP contribution in [0.3, 0.4) is 0 Å². The predicted molar refractivity (Wildman–Crippen MR) is 115 cm³/mol. The van der Waals surface area contributed by atoms with E-state index in [-0.39, 0.29) is 5.56 Å². The van der Waals surface area contributed by atoms with Crippen molar-refractivity contribution in [1.82, 2.24) is 0 Å². The Morgan fingerprint density at radius 3 is 2.27 bits per heavy atom. The van der Waals surface area contributed by atoms with Gasteiger partial charge in [0.15, 0.2) is 0 Å². The van der Waals surface area contributed by atoms with Gasteiger partial charge in [-0.05, 0) is 42.7 Å². The molecule has 0 spiro atoms. The Bertz CT molecular complexity index is 813. The van der Waals surface area contributed by atoms with Crippen LogP contribution in [-0.4, -0.2) is 30.4 Å². The summed E-state index contributed by atoms with van der Waals surface area (Å²) in [6, 6.07) is 11.7. The summed E-state index contributed by atoms with van der Waals surface area (Å²) in [5.41, 5.74) is 1.57. The van der Waals surface area contributed by atoms with Crippen molar-refractivity contribution >= 4 is 12.1 Å². The Morgan fingerprint density at radius 2 is 1.60 bits per heavy atom. The zero-order valence-electron chi connectivity index (χ0n) is 17.7. The van der Waals surface area contributed by atoms with Crippen LogP contribution < -0.4 is 9.47 Å². The summed E-state index contributed by atoms with van der Waals surface area (Å²) < 4.78 is 16.4. The van der Waals surface area contributed by atoms with Crippen molar-refractivity contribution in [2.75, 3.05) is 13.2 Å². The van der Waals surface area contributed by atoms with Crippen molar-refractivity contribution < 1.29 is 28.9 Å². The summed E-state index contributed by atoms with van der Waals surface area (Å²) in [6.07, 6.45) is 5.31. The van der Waals surface area contributed by atoms with E-state index in [1.54, 1.807) is 24.3 Å². The number of benzene rings is 2. The third-order valence-corrected chi connectivity index (χ3v) is 4.57. The van der Waals surface area contributed by atoms with E-state index in [4.69, 9.17) is 19.3 Å². The van der Waals surface area contributed by atoms with Gasteiger partial charge >= 0.3 is 12.1 Å². The highest BCUT2D eigenvalue weighted by Gasteiger charge is 2.14. The molecule has 162 valence electrons. The first kappa shape index (κ1) is 23.3. The average molecular weight is 414 g/mol. The molecule has 0 unspecified atom stereocenters. The lowest BCUT2D eigenvalue weighted by Gasteiger charge is -2.13. The number of carbonyl (C=O) groups excluding carboxylic acids is 1.